The summed E-state index contributed by atoms with van der Waals surface area (Å²) in [5.74, 6) is -0.161. The van der Waals surface area contributed by atoms with Gasteiger partial charge in [-0.3, -0.25) is 14.9 Å². The first-order valence-electron chi connectivity index (χ1n) is 6.07. The summed E-state index contributed by atoms with van der Waals surface area (Å²) in [6.07, 6.45) is 1.33. The summed E-state index contributed by atoms with van der Waals surface area (Å²) >= 11 is 0. The highest BCUT2D eigenvalue weighted by Gasteiger charge is 2.28. The third-order valence-corrected chi connectivity index (χ3v) is 3.07. The van der Waals surface area contributed by atoms with Crippen LogP contribution in [0.4, 0.5) is 5.69 Å². The number of para-hydroxylation sites is 1. The summed E-state index contributed by atoms with van der Waals surface area (Å²) in [6, 6.07) is 10.2. The van der Waals surface area contributed by atoms with E-state index in [0.717, 1.165) is 0 Å². The van der Waals surface area contributed by atoms with Crippen LogP contribution in [-0.2, 0) is 0 Å². The first kappa shape index (κ1) is 12.9. The number of phenols is 1. The molecule has 0 aliphatic carbocycles. The van der Waals surface area contributed by atoms with E-state index >= 15 is 0 Å². The van der Waals surface area contributed by atoms with Gasteiger partial charge in [-0.2, -0.15) is 0 Å². The average Bonchev–Trinajstić information content (AvgIpc) is 2.75. The zero-order valence-corrected chi connectivity index (χ0v) is 10.6. The number of nitro groups is 1. The highest BCUT2D eigenvalue weighted by atomic mass is 16.6. The number of aromatic hydroxyl groups is 1. The molecule has 0 atom stereocenters. The van der Waals surface area contributed by atoms with E-state index in [9.17, 15) is 20.0 Å². The molecule has 0 saturated heterocycles. The SMILES string of the molecule is O=C1/C(=C\c2ccccc2[N+](=O)[O-])Oc2cc(O)ccc21. The summed E-state index contributed by atoms with van der Waals surface area (Å²) < 4.78 is 5.37. The van der Waals surface area contributed by atoms with Gasteiger partial charge in [-0.25, -0.2) is 0 Å². The molecule has 0 fully saturated rings. The Morgan fingerprint density at radius 3 is 2.71 bits per heavy atom. The fraction of sp³-hybridized carbons (Fsp3) is 0. The van der Waals surface area contributed by atoms with Crippen LogP contribution in [0.25, 0.3) is 6.08 Å². The molecule has 0 radical (unpaired) electrons. The van der Waals surface area contributed by atoms with Crippen molar-refractivity contribution in [2.75, 3.05) is 0 Å². The Balaban J connectivity index is 2.04. The number of ether oxygens (including phenoxy) is 1. The standard InChI is InChI=1S/C15H9NO5/c17-10-5-6-11-13(8-10)21-14(15(11)18)7-9-3-1-2-4-12(9)16(19)20/h1-8,17H/b14-7+. The minimum Gasteiger partial charge on any atom is -0.508 e. The maximum Gasteiger partial charge on any atom is 0.276 e. The zero-order chi connectivity index (χ0) is 15.0. The fourth-order valence-corrected chi connectivity index (χ4v) is 2.09. The van der Waals surface area contributed by atoms with E-state index in [4.69, 9.17) is 4.74 Å². The van der Waals surface area contributed by atoms with Gasteiger partial charge in [0, 0.05) is 12.1 Å². The number of rotatable bonds is 2. The minimum absolute atomic E-state index is 0.00935. The lowest BCUT2D eigenvalue weighted by molar-refractivity contribution is -0.385. The van der Waals surface area contributed by atoms with E-state index in [1.165, 1.54) is 36.4 Å². The molecule has 104 valence electrons. The molecule has 0 aromatic heterocycles. The van der Waals surface area contributed by atoms with Gasteiger partial charge in [-0.1, -0.05) is 12.1 Å². The van der Waals surface area contributed by atoms with Crippen molar-refractivity contribution < 1.29 is 19.6 Å². The van der Waals surface area contributed by atoms with E-state index in [-0.39, 0.29) is 34.3 Å². The van der Waals surface area contributed by atoms with Crippen molar-refractivity contribution in [3.8, 4) is 11.5 Å². The number of carbonyl (C=O) groups is 1. The number of benzene rings is 2. The zero-order valence-electron chi connectivity index (χ0n) is 10.6. The lowest BCUT2D eigenvalue weighted by atomic mass is 10.1. The Morgan fingerprint density at radius 1 is 1.19 bits per heavy atom. The molecule has 6 nitrogen and oxygen atoms in total. The number of carbonyl (C=O) groups excluding carboxylic acids is 1. The number of hydrogen-bond donors (Lipinski definition) is 1. The Bertz CT molecular complexity index is 794. The molecule has 21 heavy (non-hydrogen) atoms. The van der Waals surface area contributed by atoms with E-state index in [1.54, 1.807) is 12.1 Å². The monoisotopic (exact) mass is 283 g/mol. The van der Waals surface area contributed by atoms with Crippen LogP contribution in [-0.4, -0.2) is 15.8 Å². The molecule has 0 bridgehead atoms. The number of nitrogens with zero attached hydrogens (tertiary/aromatic N) is 1. The van der Waals surface area contributed by atoms with Crippen molar-refractivity contribution in [3.63, 3.8) is 0 Å². The minimum atomic E-state index is -0.523. The largest absolute Gasteiger partial charge is 0.508 e. The van der Waals surface area contributed by atoms with Crippen LogP contribution in [0.5, 0.6) is 11.5 Å². The molecule has 0 unspecified atom stereocenters. The average molecular weight is 283 g/mol. The van der Waals surface area contributed by atoms with E-state index in [1.807, 2.05) is 0 Å². The Kier molecular flexibility index (Phi) is 2.91. The molecule has 1 aliphatic rings. The van der Waals surface area contributed by atoms with Gasteiger partial charge in [0.1, 0.15) is 11.5 Å². The molecular formula is C15H9NO5. The number of allylic oxidation sites excluding steroid dienone is 1. The predicted octanol–water partition coefficient (Wildman–Crippen LogP) is 2.92. The van der Waals surface area contributed by atoms with Crippen LogP contribution < -0.4 is 4.74 Å². The van der Waals surface area contributed by atoms with Crippen molar-refractivity contribution in [3.05, 3.63) is 69.5 Å². The van der Waals surface area contributed by atoms with Gasteiger partial charge >= 0.3 is 0 Å². The second kappa shape index (κ2) is 4.75. The Hall–Kier alpha value is -3.15. The van der Waals surface area contributed by atoms with Gasteiger partial charge < -0.3 is 9.84 Å². The molecule has 1 aliphatic heterocycles. The summed E-state index contributed by atoms with van der Waals surface area (Å²) in [4.78, 5) is 22.6. The number of nitro benzene ring substituents is 1. The molecule has 0 amide bonds. The quantitative estimate of drug-likeness (QED) is 0.520. The number of hydrogen-bond acceptors (Lipinski definition) is 5. The smallest absolute Gasteiger partial charge is 0.276 e. The Labute approximate surface area is 119 Å². The van der Waals surface area contributed by atoms with Crippen molar-refractivity contribution in [2.24, 2.45) is 0 Å². The van der Waals surface area contributed by atoms with Crippen molar-refractivity contribution in [1.29, 1.82) is 0 Å². The van der Waals surface area contributed by atoms with E-state index in [0.29, 0.717) is 5.56 Å². The maximum absolute atomic E-state index is 12.1. The van der Waals surface area contributed by atoms with E-state index in [2.05, 4.69) is 0 Å². The van der Waals surface area contributed by atoms with Gasteiger partial charge in [0.15, 0.2) is 5.76 Å². The van der Waals surface area contributed by atoms with Crippen LogP contribution in [0.15, 0.2) is 48.2 Å². The summed E-state index contributed by atoms with van der Waals surface area (Å²) in [5.41, 5.74) is 0.487. The number of phenolic OH excluding ortho intramolecular Hbond substituents is 1. The third kappa shape index (κ3) is 2.23. The molecule has 0 saturated carbocycles. The molecule has 3 rings (SSSR count). The molecule has 0 spiro atoms. The molecular weight excluding hydrogens is 274 g/mol. The topological polar surface area (TPSA) is 89.7 Å². The van der Waals surface area contributed by atoms with Crippen LogP contribution in [0.2, 0.25) is 0 Å². The van der Waals surface area contributed by atoms with Crippen molar-refractivity contribution >= 4 is 17.5 Å². The van der Waals surface area contributed by atoms with Crippen molar-refractivity contribution in [1.82, 2.24) is 0 Å². The summed E-state index contributed by atoms with van der Waals surface area (Å²) in [6.45, 7) is 0. The predicted molar refractivity (Wildman–Crippen MR) is 74.1 cm³/mol. The Morgan fingerprint density at radius 2 is 1.95 bits per heavy atom. The van der Waals surface area contributed by atoms with Crippen LogP contribution >= 0.6 is 0 Å². The van der Waals surface area contributed by atoms with Crippen LogP contribution in [0.3, 0.4) is 0 Å². The van der Waals surface area contributed by atoms with Gasteiger partial charge in [-0.15, -0.1) is 0 Å². The normalized spacial score (nSPS) is 14.9. The van der Waals surface area contributed by atoms with Gasteiger partial charge in [0.2, 0.25) is 5.78 Å². The van der Waals surface area contributed by atoms with Crippen LogP contribution in [0, 0.1) is 10.1 Å². The first-order valence-corrected chi connectivity index (χ1v) is 6.07. The molecule has 1 N–H and O–H groups in total. The number of ketones is 1. The molecule has 1 heterocycles. The fourth-order valence-electron chi connectivity index (χ4n) is 2.09. The second-order valence-electron chi connectivity index (χ2n) is 4.44. The van der Waals surface area contributed by atoms with Gasteiger partial charge in [0.05, 0.1) is 16.1 Å². The molecule has 2 aromatic rings. The van der Waals surface area contributed by atoms with Crippen LogP contribution in [0.1, 0.15) is 15.9 Å². The lowest BCUT2D eigenvalue weighted by Gasteiger charge is -2.00. The van der Waals surface area contributed by atoms with Gasteiger partial charge in [-0.05, 0) is 24.3 Å². The maximum atomic E-state index is 12.1. The molecule has 6 heteroatoms. The van der Waals surface area contributed by atoms with Gasteiger partial charge in [0.25, 0.3) is 5.69 Å². The summed E-state index contributed by atoms with van der Waals surface area (Å²) in [5, 5.41) is 20.3. The molecule has 2 aromatic carbocycles. The second-order valence-corrected chi connectivity index (χ2v) is 4.44. The van der Waals surface area contributed by atoms with E-state index < -0.39 is 4.92 Å². The number of fused-ring (bicyclic) bond motifs is 1. The number of Topliss-reactive ketones (excluding diaryl/α,β-unsaturated/α-hetero) is 1. The highest BCUT2D eigenvalue weighted by Crippen LogP contribution is 2.35. The highest BCUT2D eigenvalue weighted by molar-refractivity contribution is 6.14. The third-order valence-electron chi connectivity index (χ3n) is 3.07. The first-order chi connectivity index (χ1) is 10.1. The lowest BCUT2D eigenvalue weighted by Crippen LogP contribution is -1.99. The summed E-state index contributed by atoms with van der Waals surface area (Å²) in [7, 11) is 0. The van der Waals surface area contributed by atoms with Crippen molar-refractivity contribution in [2.45, 2.75) is 0 Å².